The van der Waals surface area contributed by atoms with Crippen LogP contribution in [0.1, 0.15) is 56.1 Å². The number of hydrogen-bond acceptors (Lipinski definition) is 3. The minimum absolute atomic E-state index is 0.438. The van der Waals surface area contributed by atoms with E-state index in [9.17, 15) is 0 Å². The smallest absolute Gasteiger partial charge is 0.121 e. The Labute approximate surface area is 122 Å². The average molecular weight is 276 g/mol. The van der Waals surface area contributed by atoms with Gasteiger partial charge in [-0.1, -0.05) is 13.3 Å². The SMILES string of the molecule is CNCC1CCCCN(C)C1c1ccc(C2CC2C)o1. The molecule has 4 atom stereocenters. The van der Waals surface area contributed by atoms with Crippen molar-refractivity contribution in [3.8, 4) is 0 Å². The highest BCUT2D eigenvalue weighted by molar-refractivity contribution is 5.20. The van der Waals surface area contributed by atoms with Gasteiger partial charge in [-0.15, -0.1) is 0 Å². The first-order valence-corrected chi connectivity index (χ1v) is 8.15. The first-order chi connectivity index (χ1) is 9.70. The van der Waals surface area contributed by atoms with E-state index in [1.165, 1.54) is 43.7 Å². The summed E-state index contributed by atoms with van der Waals surface area (Å²) in [5, 5.41) is 3.37. The molecule has 0 spiro atoms. The fourth-order valence-electron chi connectivity index (χ4n) is 3.80. The van der Waals surface area contributed by atoms with Crippen LogP contribution in [0.15, 0.2) is 16.5 Å². The zero-order valence-electron chi connectivity index (χ0n) is 13.1. The summed E-state index contributed by atoms with van der Waals surface area (Å²) in [6.45, 7) is 4.57. The standard InChI is InChI=1S/C17H28N2O/c1-12-10-14(12)15-7-8-16(20-15)17-13(11-18-2)6-4-5-9-19(17)3/h7-8,12-14,17-18H,4-6,9-11H2,1-3H3. The van der Waals surface area contributed by atoms with Crippen molar-refractivity contribution in [2.75, 3.05) is 27.2 Å². The molecule has 2 aliphatic rings. The van der Waals surface area contributed by atoms with Crippen molar-refractivity contribution in [3.05, 3.63) is 23.7 Å². The fraction of sp³-hybridized carbons (Fsp3) is 0.765. The van der Waals surface area contributed by atoms with Crippen molar-refractivity contribution >= 4 is 0 Å². The Hall–Kier alpha value is -0.800. The lowest BCUT2D eigenvalue weighted by Gasteiger charge is -2.30. The van der Waals surface area contributed by atoms with E-state index >= 15 is 0 Å². The summed E-state index contributed by atoms with van der Waals surface area (Å²) in [5.41, 5.74) is 0. The Bertz CT molecular complexity index is 442. The fourth-order valence-corrected chi connectivity index (χ4v) is 3.80. The summed E-state index contributed by atoms with van der Waals surface area (Å²) >= 11 is 0. The third kappa shape index (κ3) is 2.79. The molecule has 3 heteroatoms. The van der Waals surface area contributed by atoms with Gasteiger partial charge in [-0.25, -0.2) is 0 Å². The lowest BCUT2D eigenvalue weighted by molar-refractivity contribution is 0.162. The van der Waals surface area contributed by atoms with Crippen LogP contribution in [-0.2, 0) is 0 Å². The van der Waals surface area contributed by atoms with Crippen LogP contribution in [0.5, 0.6) is 0 Å². The van der Waals surface area contributed by atoms with Crippen molar-refractivity contribution in [3.63, 3.8) is 0 Å². The van der Waals surface area contributed by atoms with E-state index in [0.29, 0.717) is 17.9 Å². The van der Waals surface area contributed by atoms with Crippen LogP contribution in [-0.4, -0.2) is 32.1 Å². The van der Waals surface area contributed by atoms with Crippen LogP contribution in [0, 0.1) is 11.8 Å². The minimum Gasteiger partial charge on any atom is -0.464 e. The van der Waals surface area contributed by atoms with Crippen LogP contribution < -0.4 is 5.32 Å². The molecule has 1 aliphatic carbocycles. The minimum atomic E-state index is 0.438. The third-order valence-corrected chi connectivity index (χ3v) is 5.14. The molecule has 0 radical (unpaired) electrons. The van der Waals surface area contributed by atoms with E-state index in [1.807, 2.05) is 0 Å². The molecular formula is C17H28N2O. The van der Waals surface area contributed by atoms with Crippen LogP contribution in [0.4, 0.5) is 0 Å². The number of furan rings is 1. The molecule has 2 heterocycles. The highest BCUT2D eigenvalue weighted by Gasteiger charge is 2.38. The first-order valence-electron chi connectivity index (χ1n) is 8.15. The zero-order chi connectivity index (χ0) is 14.1. The molecule has 4 unspecified atom stereocenters. The molecule has 1 saturated heterocycles. The van der Waals surface area contributed by atoms with Gasteiger partial charge in [0.05, 0.1) is 6.04 Å². The van der Waals surface area contributed by atoms with Gasteiger partial charge in [0.15, 0.2) is 0 Å². The van der Waals surface area contributed by atoms with Crippen LogP contribution >= 0.6 is 0 Å². The quantitative estimate of drug-likeness (QED) is 0.913. The van der Waals surface area contributed by atoms with Crippen molar-refractivity contribution in [1.29, 1.82) is 0 Å². The largest absolute Gasteiger partial charge is 0.464 e. The van der Waals surface area contributed by atoms with Gasteiger partial charge in [0.2, 0.25) is 0 Å². The first kappa shape index (κ1) is 14.2. The van der Waals surface area contributed by atoms with Crippen molar-refractivity contribution in [2.45, 2.75) is 44.6 Å². The molecule has 112 valence electrons. The van der Waals surface area contributed by atoms with Crippen molar-refractivity contribution in [2.24, 2.45) is 11.8 Å². The normalized spacial score (nSPS) is 35.0. The Morgan fingerprint density at radius 1 is 1.30 bits per heavy atom. The molecule has 1 saturated carbocycles. The molecule has 1 aromatic rings. The molecule has 2 fully saturated rings. The number of rotatable bonds is 4. The molecule has 1 N–H and O–H groups in total. The van der Waals surface area contributed by atoms with Gasteiger partial charge in [0.1, 0.15) is 11.5 Å². The molecule has 20 heavy (non-hydrogen) atoms. The Balaban J connectivity index is 1.81. The molecule has 1 aliphatic heterocycles. The summed E-state index contributed by atoms with van der Waals surface area (Å²) in [4.78, 5) is 2.49. The summed E-state index contributed by atoms with van der Waals surface area (Å²) < 4.78 is 6.25. The Kier molecular flexibility index (Phi) is 4.18. The predicted octanol–water partition coefficient (Wildman–Crippen LogP) is 3.40. The van der Waals surface area contributed by atoms with E-state index < -0.39 is 0 Å². The molecule has 3 rings (SSSR count). The van der Waals surface area contributed by atoms with Crippen molar-refractivity contribution < 1.29 is 4.42 Å². The highest BCUT2D eigenvalue weighted by atomic mass is 16.3. The molecule has 0 aromatic carbocycles. The van der Waals surface area contributed by atoms with Gasteiger partial charge in [-0.3, -0.25) is 4.90 Å². The van der Waals surface area contributed by atoms with Crippen LogP contribution in [0.2, 0.25) is 0 Å². The maximum atomic E-state index is 6.25. The molecule has 0 bridgehead atoms. The monoisotopic (exact) mass is 276 g/mol. The van der Waals surface area contributed by atoms with Gasteiger partial charge in [0, 0.05) is 5.92 Å². The van der Waals surface area contributed by atoms with Gasteiger partial charge >= 0.3 is 0 Å². The van der Waals surface area contributed by atoms with E-state index in [-0.39, 0.29) is 0 Å². The van der Waals surface area contributed by atoms with E-state index in [1.54, 1.807) is 0 Å². The van der Waals surface area contributed by atoms with E-state index in [0.717, 1.165) is 12.5 Å². The lowest BCUT2D eigenvalue weighted by Crippen LogP contribution is -2.33. The molecule has 0 amide bonds. The summed E-state index contributed by atoms with van der Waals surface area (Å²) in [7, 11) is 4.31. The second-order valence-corrected chi connectivity index (χ2v) is 6.80. The number of nitrogens with zero attached hydrogens (tertiary/aromatic N) is 1. The number of likely N-dealkylation sites (tertiary alicyclic amines) is 1. The predicted molar refractivity (Wildman–Crippen MR) is 81.9 cm³/mol. The Morgan fingerprint density at radius 2 is 2.05 bits per heavy atom. The summed E-state index contributed by atoms with van der Waals surface area (Å²) in [6, 6.07) is 4.89. The van der Waals surface area contributed by atoms with Gasteiger partial charge in [-0.05, 0) is 70.4 Å². The van der Waals surface area contributed by atoms with Gasteiger partial charge in [0.25, 0.3) is 0 Å². The third-order valence-electron chi connectivity index (χ3n) is 5.14. The van der Waals surface area contributed by atoms with E-state index in [2.05, 4.69) is 43.4 Å². The maximum Gasteiger partial charge on any atom is 0.121 e. The zero-order valence-corrected chi connectivity index (χ0v) is 13.1. The topological polar surface area (TPSA) is 28.4 Å². The molecular weight excluding hydrogens is 248 g/mol. The Morgan fingerprint density at radius 3 is 2.75 bits per heavy atom. The molecule has 1 aromatic heterocycles. The van der Waals surface area contributed by atoms with Crippen molar-refractivity contribution in [1.82, 2.24) is 10.2 Å². The average Bonchev–Trinajstić information content (AvgIpc) is 3.02. The summed E-state index contributed by atoms with van der Waals surface area (Å²) in [5.74, 6) is 4.55. The molecule has 3 nitrogen and oxygen atoms in total. The highest BCUT2D eigenvalue weighted by Crippen LogP contribution is 2.48. The summed E-state index contributed by atoms with van der Waals surface area (Å²) in [6.07, 6.45) is 5.24. The lowest BCUT2D eigenvalue weighted by atomic mass is 9.93. The number of nitrogens with one attached hydrogen (secondary N) is 1. The van der Waals surface area contributed by atoms with E-state index in [4.69, 9.17) is 4.42 Å². The van der Waals surface area contributed by atoms with Gasteiger partial charge in [-0.2, -0.15) is 0 Å². The second-order valence-electron chi connectivity index (χ2n) is 6.80. The second kappa shape index (κ2) is 5.90. The van der Waals surface area contributed by atoms with Crippen LogP contribution in [0.3, 0.4) is 0 Å². The maximum absolute atomic E-state index is 6.25. The van der Waals surface area contributed by atoms with Crippen LogP contribution in [0.25, 0.3) is 0 Å². The van der Waals surface area contributed by atoms with Gasteiger partial charge < -0.3 is 9.73 Å². The number of hydrogen-bond donors (Lipinski definition) is 1.